The Labute approximate surface area is 199 Å². The van der Waals surface area contributed by atoms with Gasteiger partial charge >= 0.3 is 0 Å². The third-order valence-electron chi connectivity index (χ3n) is 5.54. The molecule has 0 amide bonds. The number of aromatic nitrogens is 1. The van der Waals surface area contributed by atoms with E-state index >= 15 is 0 Å². The average molecular weight is 496 g/mol. The fraction of sp³-hybridized carbons (Fsp3) is 0.375. The molecule has 0 saturated heterocycles. The van der Waals surface area contributed by atoms with Crippen LogP contribution in [0.4, 0.5) is 0 Å². The summed E-state index contributed by atoms with van der Waals surface area (Å²) in [6, 6.07) is 11.6. The Morgan fingerprint density at radius 3 is 2.25 bits per heavy atom. The van der Waals surface area contributed by atoms with E-state index in [-0.39, 0.29) is 22.8 Å². The van der Waals surface area contributed by atoms with Crippen LogP contribution in [0, 0.1) is 0 Å². The van der Waals surface area contributed by atoms with Crippen LogP contribution in [-0.2, 0) is 28.3 Å². The Kier molecular flexibility index (Phi) is 7.58. The van der Waals surface area contributed by atoms with Crippen LogP contribution in [0.2, 0.25) is 10.0 Å². The fourth-order valence-corrected chi connectivity index (χ4v) is 4.93. The molecule has 0 aliphatic rings. The lowest BCUT2D eigenvalue weighted by molar-refractivity contribution is 0.265. The van der Waals surface area contributed by atoms with Gasteiger partial charge in [-0.1, -0.05) is 62.5 Å². The predicted molar refractivity (Wildman–Crippen MR) is 128 cm³/mol. The number of rotatable bonds is 9. The van der Waals surface area contributed by atoms with Crippen molar-refractivity contribution in [2.24, 2.45) is 0 Å². The summed E-state index contributed by atoms with van der Waals surface area (Å²) < 4.78 is 34.4. The molecule has 0 aliphatic heterocycles. The van der Waals surface area contributed by atoms with E-state index in [0.717, 1.165) is 48.6 Å². The molecule has 0 saturated carbocycles. The summed E-state index contributed by atoms with van der Waals surface area (Å²) >= 11 is 13.1. The molecule has 0 unspecified atom stereocenters. The highest BCUT2D eigenvalue weighted by atomic mass is 35.5. The number of ether oxygens (including phenoxy) is 1. The van der Waals surface area contributed by atoms with Gasteiger partial charge in [-0.25, -0.2) is 13.4 Å². The second-order valence-corrected chi connectivity index (χ2v) is 11.1. The standard InChI is InChI=1S/C24H27Cl2NO4S/c1-5-6-7-19-20(25)12-17(13-21(19)26)24(2,3)16-8-10-18(11-9-16)30-14-22-23(27-15-31-22)32(4,28)29/h8-13,15H,5-7,14H2,1-4H3. The maximum Gasteiger partial charge on any atom is 0.200 e. The molecule has 1 heterocycles. The fourth-order valence-electron chi connectivity index (χ4n) is 3.50. The molecule has 172 valence electrons. The molecule has 0 fully saturated rings. The van der Waals surface area contributed by atoms with Crippen molar-refractivity contribution < 1.29 is 17.6 Å². The van der Waals surface area contributed by atoms with Crippen LogP contribution < -0.4 is 4.74 Å². The minimum atomic E-state index is -3.47. The van der Waals surface area contributed by atoms with Crippen molar-refractivity contribution in [3.8, 4) is 5.75 Å². The van der Waals surface area contributed by atoms with Crippen molar-refractivity contribution in [1.29, 1.82) is 0 Å². The first-order chi connectivity index (χ1) is 15.0. The summed E-state index contributed by atoms with van der Waals surface area (Å²) in [5.74, 6) is 0.760. The Morgan fingerprint density at radius 2 is 1.69 bits per heavy atom. The third-order valence-corrected chi connectivity index (χ3v) is 7.25. The van der Waals surface area contributed by atoms with Gasteiger partial charge in [-0.05, 0) is 53.8 Å². The van der Waals surface area contributed by atoms with Crippen LogP contribution in [0.1, 0.15) is 56.1 Å². The highest BCUT2D eigenvalue weighted by molar-refractivity contribution is 7.90. The quantitative estimate of drug-likeness (QED) is 0.333. The molecule has 0 atom stereocenters. The van der Waals surface area contributed by atoms with Crippen molar-refractivity contribution in [2.75, 3.05) is 6.26 Å². The van der Waals surface area contributed by atoms with Gasteiger partial charge < -0.3 is 9.15 Å². The van der Waals surface area contributed by atoms with Gasteiger partial charge in [0, 0.05) is 21.7 Å². The van der Waals surface area contributed by atoms with Crippen molar-refractivity contribution in [3.05, 3.63) is 75.3 Å². The molecule has 1 aromatic heterocycles. The van der Waals surface area contributed by atoms with E-state index in [2.05, 4.69) is 25.8 Å². The molecule has 0 bridgehead atoms. The highest BCUT2D eigenvalue weighted by Gasteiger charge is 2.25. The summed E-state index contributed by atoms with van der Waals surface area (Å²) in [5, 5.41) is 1.29. The van der Waals surface area contributed by atoms with Gasteiger partial charge in [0.15, 0.2) is 27.0 Å². The van der Waals surface area contributed by atoms with Gasteiger partial charge in [0.2, 0.25) is 0 Å². The van der Waals surface area contributed by atoms with Gasteiger partial charge in [-0.2, -0.15) is 0 Å². The van der Waals surface area contributed by atoms with Crippen LogP contribution >= 0.6 is 23.2 Å². The van der Waals surface area contributed by atoms with Crippen LogP contribution in [0.3, 0.4) is 0 Å². The Balaban J connectivity index is 1.77. The first-order valence-electron chi connectivity index (χ1n) is 10.4. The molecule has 8 heteroatoms. The summed E-state index contributed by atoms with van der Waals surface area (Å²) in [4.78, 5) is 3.76. The van der Waals surface area contributed by atoms with Gasteiger partial charge in [0.25, 0.3) is 0 Å². The zero-order valence-corrected chi connectivity index (χ0v) is 20.9. The molecule has 0 N–H and O–H groups in total. The summed E-state index contributed by atoms with van der Waals surface area (Å²) in [5.41, 5.74) is 2.76. The van der Waals surface area contributed by atoms with Crippen molar-refractivity contribution in [3.63, 3.8) is 0 Å². The number of hydrogen-bond acceptors (Lipinski definition) is 5. The highest BCUT2D eigenvalue weighted by Crippen LogP contribution is 2.38. The number of nitrogens with zero attached hydrogens (tertiary/aromatic N) is 1. The number of hydrogen-bond donors (Lipinski definition) is 0. The van der Waals surface area contributed by atoms with E-state index in [1.54, 1.807) is 0 Å². The van der Waals surface area contributed by atoms with Gasteiger partial charge in [-0.3, -0.25) is 0 Å². The Bertz CT molecular complexity index is 1160. The maximum absolute atomic E-state index is 11.7. The number of unbranched alkanes of at least 4 members (excludes halogenated alkanes) is 1. The lowest BCUT2D eigenvalue weighted by atomic mass is 9.78. The molecule has 0 aliphatic carbocycles. The van der Waals surface area contributed by atoms with Crippen LogP contribution in [0.25, 0.3) is 0 Å². The molecule has 3 rings (SSSR count). The second-order valence-electron chi connectivity index (χ2n) is 8.31. The predicted octanol–water partition coefficient (Wildman–Crippen LogP) is 6.63. The summed E-state index contributed by atoms with van der Waals surface area (Å²) in [6.45, 7) is 6.34. The topological polar surface area (TPSA) is 69.4 Å². The molecule has 3 aromatic rings. The van der Waals surface area contributed by atoms with E-state index < -0.39 is 9.84 Å². The first kappa shape index (κ1) is 24.6. The van der Waals surface area contributed by atoms with E-state index in [4.69, 9.17) is 32.4 Å². The average Bonchev–Trinajstić information content (AvgIpc) is 3.21. The van der Waals surface area contributed by atoms with Crippen molar-refractivity contribution in [2.45, 2.75) is 57.1 Å². The largest absolute Gasteiger partial charge is 0.486 e. The van der Waals surface area contributed by atoms with Gasteiger partial charge in [0.05, 0.1) is 0 Å². The zero-order chi connectivity index (χ0) is 23.5. The maximum atomic E-state index is 11.7. The van der Waals surface area contributed by atoms with Gasteiger partial charge in [-0.15, -0.1) is 0 Å². The second kappa shape index (κ2) is 9.86. The molecule has 0 radical (unpaired) electrons. The smallest absolute Gasteiger partial charge is 0.200 e. The number of halogens is 2. The molecular formula is C24H27Cl2NO4S. The lowest BCUT2D eigenvalue weighted by Gasteiger charge is -2.27. The van der Waals surface area contributed by atoms with Crippen molar-refractivity contribution in [1.82, 2.24) is 4.98 Å². The van der Waals surface area contributed by atoms with E-state index in [0.29, 0.717) is 15.8 Å². The number of oxazole rings is 1. The van der Waals surface area contributed by atoms with E-state index in [1.807, 2.05) is 36.4 Å². The van der Waals surface area contributed by atoms with Crippen LogP contribution in [-0.4, -0.2) is 19.7 Å². The summed E-state index contributed by atoms with van der Waals surface area (Å²) in [7, 11) is -3.47. The van der Waals surface area contributed by atoms with E-state index in [1.165, 1.54) is 0 Å². The minimum absolute atomic E-state index is 0.0322. The zero-order valence-electron chi connectivity index (χ0n) is 18.6. The molecule has 0 spiro atoms. The number of sulfone groups is 1. The van der Waals surface area contributed by atoms with Crippen molar-refractivity contribution >= 4 is 33.0 Å². The minimum Gasteiger partial charge on any atom is -0.486 e. The third kappa shape index (κ3) is 5.48. The monoisotopic (exact) mass is 495 g/mol. The first-order valence-corrected chi connectivity index (χ1v) is 13.0. The van der Waals surface area contributed by atoms with Gasteiger partial charge in [0.1, 0.15) is 12.4 Å². The molecule has 2 aromatic carbocycles. The summed E-state index contributed by atoms with van der Waals surface area (Å²) in [6.07, 6.45) is 5.18. The lowest BCUT2D eigenvalue weighted by Crippen LogP contribution is -2.19. The molecule has 32 heavy (non-hydrogen) atoms. The number of benzene rings is 2. The molecular weight excluding hydrogens is 469 g/mol. The van der Waals surface area contributed by atoms with Crippen LogP contribution in [0.5, 0.6) is 5.75 Å². The normalized spacial score (nSPS) is 12.2. The van der Waals surface area contributed by atoms with E-state index in [9.17, 15) is 8.42 Å². The van der Waals surface area contributed by atoms with Crippen LogP contribution in [0.15, 0.2) is 52.2 Å². The Hall–Kier alpha value is -2.02. The SMILES string of the molecule is CCCCc1c(Cl)cc(C(C)(C)c2ccc(OCc3ocnc3S(C)(=O)=O)cc2)cc1Cl. The Morgan fingerprint density at radius 1 is 1.06 bits per heavy atom. The molecule has 5 nitrogen and oxygen atoms in total.